The van der Waals surface area contributed by atoms with Crippen molar-refractivity contribution in [2.45, 2.75) is 19.8 Å². The molecule has 0 amide bonds. The second-order valence-corrected chi connectivity index (χ2v) is 4.88. The number of benzene rings is 2. The maximum Gasteiger partial charge on any atom is 0.338 e. The zero-order valence-corrected chi connectivity index (χ0v) is 12.3. The Morgan fingerprint density at radius 2 is 1.90 bits per heavy atom. The minimum absolute atomic E-state index is 0.261. The first kappa shape index (κ1) is 15.1. The molecule has 0 bridgehead atoms. The van der Waals surface area contributed by atoms with Gasteiger partial charge in [-0.15, -0.1) is 0 Å². The third-order valence-corrected chi connectivity index (χ3v) is 3.12. The van der Waals surface area contributed by atoms with Crippen LogP contribution in [0.2, 0.25) is 0 Å². The molecule has 2 rings (SSSR count). The van der Waals surface area contributed by atoms with Crippen LogP contribution in [-0.2, 0) is 11.2 Å². The van der Waals surface area contributed by atoms with Crippen LogP contribution in [0.25, 0.3) is 0 Å². The lowest BCUT2D eigenvalue weighted by Crippen LogP contribution is -2.08. The van der Waals surface area contributed by atoms with Crippen molar-refractivity contribution in [3.8, 4) is 0 Å². The van der Waals surface area contributed by atoms with Gasteiger partial charge in [-0.2, -0.15) is 0 Å². The Morgan fingerprint density at radius 1 is 1.10 bits per heavy atom. The molecule has 2 aromatic rings. The molecule has 0 aliphatic heterocycles. The van der Waals surface area contributed by atoms with Gasteiger partial charge in [0.25, 0.3) is 0 Å². The van der Waals surface area contributed by atoms with Crippen molar-refractivity contribution in [2.75, 3.05) is 18.5 Å². The van der Waals surface area contributed by atoms with Crippen LogP contribution >= 0.6 is 0 Å². The first-order chi connectivity index (χ1) is 10.3. The van der Waals surface area contributed by atoms with Gasteiger partial charge in [-0.1, -0.05) is 43.3 Å². The van der Waals surface area contributed by atoms with Crippen molar-refractivity contribution in [1.29, 1.82) is 0 Å². The quantitative estimate of drug-likeness (QED) is 0.783. The fraction of sp³-hybridized carbons (Fsp3) is 0.278. The summed E-state index contributed by atoms with van der Waals surface area (Å²) < 4.78 is 5.14. The summed E-state index contributed by atoms with van der Waals surface area (Å²) >= 11 is 0. The maximum absolute atomic E-state index is 11.8. The van der Waals surface area contributed by atoms with E-state index >= 15 is 0 Å². The lowest BCUT2D eigenvalue weighted by Gasteiger charge is -2.08. The van der Waals surface area contributed by atoms with E-state index in [9.17, 15) is 4.79 Å². The smallest absolute Gasteiger partial charge is 0.338 e. The lowest BCUT2D eigenvalue weighted by molar-refractivity contribution is 0.0505. The Hall–Kier alpha value is -2.29. The minimum atomic E-state index is -0.261. The Bertz CT molecular complexity index is 566. The molecule has 0 saturated heterocycles. The summed E-state index contributed by atoms with van der Waals surface area (Å²) in [7, 11) is 0. The summed E-state index contributed by atoms with van der Waals surface area (Å²) in [5.41, 5.74) is 2.83. The monoisotopic (exact) mass is 283 g/mol. The summed E-state index contributed by atoms with van der Waals surface area (Å²) in [6, 6.07) is 17.8. The van der Waals surface area contributed by atoms with Gasteiger partial charge in [-0.3, -0.25) is 0 Å². The van der Waals surface area contributed by atoms with E-state index in [0.717, 1.165) is 25.1 Å². The zero-order chi connectivity index (χ0) is 14.9. The Kier molecular flexibility index (Phi) is 5.83. The molecule has 3 heteroatoms. The standard InChI is InChI=1S/C18H21NO2/c1-2-13-21-18(20)16-9-6-10-17(14-16)19-12-11-15-7-4-3-5-8-15/h3-10,14,19H,2,11-13H2,1H3. The van der Waals surface area contributed by atoms with E-state index in [1.807, 2.05) is 43.3 Å². The van der Waals surface area contributed by atoms with Gasteiger partial charge in [0, 0.05) is 12.2 Å². The van der Waals surface area contributed by atoms with Gasteiger partial charge < -0.3 is 10.1 Å². The van der Waals surface area contributed by atoms with Crippen LogP contribution in [0.15, 0.2) is 54.6 Å². The van der Waals surface area contributed by atoms with E-state index in [-0.39, 0.29) is 5.97 Å². The molecule has 2 aromatic carbocycles. The predicted molar refractivity (Wildman–Crippen MR) is 85.7 cm³/mol. The lowest BCUT2D eigenvalue weighted by atomic mass is 10.1. The average Bonchev–Trinajstić information content (AvgIpc) is 2.54. The molecule has 0 atom stereocenters. The van der Waals surface area contributed by atoms with Crippen molar-refractivity contribution in [1.82, 2.24) is 0 Å². The van der Waals surface area contributed by atoms with Gasteiger partial charge >= 0.3 is 5.97 Å². The number of hydrogen-bond donors (Lipinski definition) is 1. The summed E-state index contributed by atoms with van der Waals surface area (Å²) in [5.74, 6) is -0.261. The zero-order valence-electron chi connectivity index (χ0n) is 12.3. The van der Waals surface area contributed by atoms with Crippen molar-refractivity contribution in [3.63, 3.8) is 0 Å². The number of carbonyl (C=O) groups excluding carboxylic acids is 1. The largest absolute Gasteiger partial charge is 0.462 e. The van der Waals surface area contributed by atoms with Crippen LogP contribution in [0.1, 0.15) is 29.3 Å². The molecule has 3 nitrogen and oxygen atoms in total. The van der Waals surface area contributed by atoms with E-state index in [1.54, 1.807) is 6.07 Å². The van der Waals surface area contributed by atoms with Crippen molar-refractivity contribution in [2.24, 2.45) is 0 Å². The number of nitrogens with one attached hydrogen (secondary N) is 1. The summed E-state index contributed by atoms with van der Waals surface area (Å²) in [4.78, 5) is 11.8. The molecule has 0 radical (unpaired) electrons. The van der Waals surface area contributed by atoms with Gasteiger partial charge in [0.1, 0.15) is 0 Å². The normalized spacial score (nSPS) is 10.1. The predicted octanol–water partition coefficient (Wildman–Crippen LogP) is 3.91. The van der Waals surface area contributed by atoms with Crippen LogP contribution in [0.5, 0.6) is 0 Å². The maximum atomic E-state index is 11.8. The molecular weight excluding hydrogens is 262 g/mol. The summed E-state index contributed by atoms with van der Waals surface area (Å²) in [6.07, 6.45) is 1.78. The number of ether oxygens (including phenoxy) is 1. The number of hydrogen-bond acceptors (Lipinski definition) is 3. The third kappa shape index (κ3) is 4.95. The highest BCUT2D eigenvalue weighted by Gasteiger charge is 2.06. The van der Waals surface area contributed by atoms with Gasteiger partial charge in [0.15, 0.2) is 0 Å². The van der Waals surface area contributed by atoms with Gasteiger partial charge in [-0.05, 0) is 36.6 Å². The molecule has 1 N–H and O–H groups in total. The SMILES string of the molecule is CCCOC(=O)c1cccc(NCCc2ccccc2)c1. The second-order valence-electron chi connectivity index (χ2n) is 4.88. The van der Waals surface area contributed by atoms with Crippen molar-refractivity contribution < 1.29 is 9.53 Å². The van der Waals surface area contributed by atoms with E-state index in [0.29, 0.717) is 12.2 Å². The first-order valence-electron chi connectivity index (χ1n) is 7.34. The highest BCUT2D eigenvalue weighted by atomic mass is 16.5. The van der Waals surface area contributed by atoms with E-state index in [1.165, 1.54) is 5.56 Å². The number of rotatable bonds is 7. The molecule has 0 unspecified atom stereocenters. The number of esters is 1. The Morgan fingerprint density at radius 3 is 2.67 bits per heavy atom. The molecule has 0 saturated carbocycles. The Labute approximate surface area is 126 Å². The van der Waals surface area contributed by atoms with Crippen LogP contribution in [0.3, 0.4) is 0 Å². The highest BCUT2D eigenvalue weighted by molar-refractivity contribution is 5.90. The molecule has 21 heavy (non-hydrogen) atoms. The topological polar surface area (TPSA) is 38.3 Å². The van der Waals surface area contributed by atoms with Gasteiger partial charge in [0.05, 0.1) is 12.2 Å². The van der Waals surface area contributed by atoms with Gasteiger partial charge in [0.2, 0.25) is 0 Å². The van der Waals surface area contributed by atoms with Gasteiger partial charge in [-0.25, -0.2) is 4.79 Å². The van der Waals surface area contributed by atoms with Crippen LogP contribution in [0, 0.1) is 0 Å². The summed E-state index contributed by atoms with van der Waals surface area (Å²) in [6.45, 7) is 3.27. The minimum Gasteiger partial charge on any atom is -0.462 e. The molecular formula is C18H21NO2. The number of carbonyl (C=O) groups is 1. The highest BCUT2D eigenvalue weighted by Crippen LogP contribution is 2.12. The van der Waals surface area contributed by atoms with Crippen molar-refractivity contribution >= 4 is 11.7 Å². The van der Waals surface area contributed by atoms with Crippen LogP contribution in [-0.4, -0.2) is 19.1 Å². The molecule has 0 aliphatic carbocycles. The molecule has 0 fully saturated rings. The molecule has 0 aliphatic rings. The van der Waals surface area contributed by atoms with Crippen LogP contribution < -0.4 is 5.32 Å². The number of anilines is 1. The molecule has 110 valence electrons. The fourth-order valence-corrected chi connectivity index (χ4v) is 2.03. The molecule has 0 aromatic heterocycles. The fourth-order valence-electron chi connectivity index (χ4n) is 2.03. The Balaban J connectivity index is 1.87. The summed E-state index contributed by atoms with van der Waals surface area (Å²) in [5, 5.41) is 3.34. The second kappa shape index (κ2) is 8.10. The van der Waals surface area contributed by atoms with E-state index in [2.05, 4.69) is 17.4 Å². The first-order valence-corrected chi connectivity index (χ1v) is 7.34. The van der Waals surface area contributed by atoms with Crippen LogP contribution in [0.4, 0.5) is 5.69 Å². The van der Waals surface area contributed by atoms with Crippen molar-refractivity contribution in [3.05, 3.63) is 65.7 Å². The van der Waals surface area contributed by atoms with E-state index < -0.39 is 0 Å². The third-order valence-electron chi connectivity index (χ3n) is 3.12. The average molecular weight is 283 g/mol. The van der Waals surface area contributed by atoms with E-state index in [4.69, 9.17) is 4.74 Å². The molecule has 0 spiro atoms. The molecule has 0 heterocycles.